The van der Waals surface area contributed by atoms with Gasteiger partial charge in [0, 0.05) is 6.42 Å². The second kappa shape index (κ2) is 3.56. The number of amides is 1. The summed E-state index contributed by atoms with van der Waals surface area (Å²) >= 11 is 0. The van der Waals surface area contributed by atoms with Gasteiger partial charge in [-0.05, 0) is 31.6 Å². The van der Waals surface area contributed by atoms with E-state index >= 15 is 0 Å². The first kappa shape index (κ1) is 8.31. The van der Waals surface area contributed by atoms with Crippen molar-refractivity contribution in [2.75, 3.05) is 0 Å². The molecule has 11 heavy (non-hydrogen) atoms. The molecule has 1 rings (SSSR count). The van der Waals surface area contributed by atoms with Gasteiger partial charge in [0.15, 0.2) is 0 Å². The summed E-state index contributed by atoms with van der Waals surface area (Å²) in [6.45, 7) is 3.92. The number of carbonyl (C=O) groups is 1. The van der Waals surface area contributed by atoms with Crippen LogP contribution < -0.4 is 5.73 Å². The highest BCUT2D eigenvalue weighted by atomic mass is 16.1. The largest absolute Gasteiger partial charge is 0.370 e. The lowest BCUT2D eigenvalue weighted by Crippen LogP contribution is -2.18. The van der Waals surface area contributed by atoms with E-state index in [-0.39, 0.29) is 5.91 Å². The third kappa shape index (κ3) is 2.74. The van der Waals surface area contributed by atoms with E-state index in [2.05, 4.69) is 6.58 Å². The Morgan fingerprint density at radius 3 is 3.00 bits per heavy atom. The number of primary amides is 1. The van der Waals surface area contributed by atoms with Crippen LogP contribution in [0.2, 0.25) is 0 Å². The fourth-order valence-corrected chi connectivity index (χ4v) is 1.71. The van der Waals surface area contributed by atoms with Gasteiger partial charge in [0.05, 0.1) is 0 Å². The minimum Gasteiger partial charge on any atom is -0.370 e. The van der Waals surface area contributed by atoms with Crippen molar-refractivity contribution in [3.8, 4) is 0 Å². The van der Waals surface area contributed by atoms with Crippen molar-refractivity contribution < 1.29 is 4.79 Å². The first-order valence-electron chi connectivity index (χ1n) is 4.13. The van der Waals surface area contributed by atoms with Crippen LogP contribution >= 0.6 is 0 Å². The van der Waals surface area contributed by atoms with E-state index in [1.165, 1.54) is 12.0 Å². The van der Waals surface area contributed by atoms with Crippen LogP contribution in [0.25, 0.3) is 0 Å². The Morgan fingerprint density at radius 1 is 1.73 bits per heavy atom. The second-order valence-corrected chi connectivity index (χ2v) is 3.38. The summed E-state index contributed by atoms with van der Waals surface area (Å²) in [4.78, 5) is 10.6. The topological polar surface area (TPSA) is 43.1 Å². The summed E-state index contributed by atoms with van der Waals surface area (Å²) in [7, 11) is 0. The third-order valence-electron chi connectivity index (χ3n) is 2.21. The van der Waals surface area contributed by atoms with Crippen molar-refractivity contribution in [3.05, 3.63) is 12.2 Å². The lowest BCUT2D eigenvalue weighted by Gasteiger charge is -2.21. The molecule has 1 aliphatic rings. The molecular formula is C9H15NO. The van der Waals surface area contributed by atoms with E-state index in [0.717, 1.165) is 19.3 Å². The van der Waals surface area contributed by atoms with E-state index in [4.69, 9.17) is 5.73 Å². The number of carbonyl (C=O) groups excluding carboxylic acids is 1. The van der Waals surface area contributed by atoms with Gasteiger partial charge in [-0.3, -0.25) is 4.79 Å². The quantitative estimate of drug-likeness (QED) is 0.602. The van der Waals surface area contributed by atoms with Crippen molar-refractivity contribution in [2.45, 2.75) is 32.1 Å². The summed E-state index contributed by atoms with van der Waals surface area (Å²) in [5.74, 6) is 0.304. The van der Waals surface area contributed by atoms with Gasteiger partial charge in [-0.2, -0.15) is 0 Å². The van der Waals surface area contributed by atoms with Gasteiger partial charge >= 0.3 is 0 Å². The molecule has 1 fully saturated rings. The Morgan fingerprint density at radius 2 is 2.45 bits per heavy atom. The smallest absolute Gasteiger partial charge is 0.217 e. The van der Waals surface area contributed by atoms with Crippen molar-refractivity contribution in [1.82, 2.24) is 0 Å². The molecule has 0 heterocycles. The summed E-state index contributed by atoms with van der Waals surface area (Å²) < 4.78 is 0. The van der Waals surface area contributed by atoms with Crippen molar-refractivity contribution >= 4 is 5.91 Å². The van der Waals surface area contributed by atoms with Crippen molar-refractivity contribution in [1.29, 1.82) is 0 Å². The van der Waals surface area contributed by atoms with Crippen LogP contribution in [0.4, 0.5) is 0 Å². The van der Waals surface area contributed by atoms with E-state index < -0.39 is 0 Å². The highest BCUT2D eigenvalue weighted by molar-refractivity contribution is 5.74. The zero-order valence-corrected chi connectivity index (χ0v) is 6.81. The maximum absolute atomic E-state index is 10.6. The van der Waals surface area contributed by atoms with Gasteiger partial charge in [0.1, 0.15) is 0 Å². The molecule has 1 amide bonds. The monoisotopic (exact) mass is 153 g/mol. The summed E-state index contributed by atoms with van der Waals surface area (Å²) in [6.07, 6.45) is 5.00. The number of hydrogen-bond donors (Lipinski definition) is 1. The van der Waals surface area contributed by atoms with E-state index in [1.807, 2.05) is 0 Å². The van der Waals surface area contributed by atoms with Gasteiger partial charge in [-0.25, -0.2) is 0 Å². The molecule has 0 aliphatic heterocycles. The fourth-order valence-electron chi connectivity index (χ4n) is 1.71. The Kier molecular flexibility index (Phi) is 2.69. The molecule has 0 saturated heterocycles. The molecule has 1 atom stereocenters. The summed E-state index contributed by atoms with van der Waals surface area (Å²) in [6, 6.07) is 0. The number of allylic oxidation sites excluding steroid dienone is 1. The van der Waals surface area contributed by atoms with E-state index in [9.17, 15) is 4.79 Å². The van der Waals surface area contributed by atoms with Gasteiger partial charge in [-0.1, -0.05) is 12.2 Å². The lowest BCUT2D eigenvalue weighted by molar-refractivity contribution is -0.119. The maximum Gasteiger partial charge on any atom is 0.217 e. The first-order valence-corrected chi connectivity index (χ1v) is 4.13. The lowest BCUT2D eigenvalue weighted by atomic mass is 9.84. The summed E-state index contributed by atoms with van der Waals surface area (Å²) in [5.41, 5.74) is 6.38. The molecule has 0 aromatic carbocycles. The molecule has 0 bridgehead atoms. The van der Waals surface area contributed by atoms with E-state index in [0.29, 0.717) is 12.3 Å². The molecule has 1 aliphatic carbocycles. The van der Waals surface area contributed by atoms with Gasteiger partial charge in [-0.15, -0.1) is 0 Å². The standard InChI is InChI=1S/C9H15NO/c1-7-3-2-4-8(5-7)6-9(10)11/h8H,1-6H2,(H2,10,11). The van der Waals surface area contributed by atoms with Crippen LogP contribution in [0, 0.1) is 5.92 Å². The molecule has 2 nitrogen and oxygen atoms in total. The zero-order chi connectivity index (χ0) is 8.27. The highest BCUT2D eigenvalue weighted by Gasteiger charge is 2.17. The highest BCUT2D eigenvalue weighted by Crippen LogP contribution is 2.28. The molecule has 1 saturated carbocycles. The Labute approximate surface area is 67.5 Å². The van der Waals surface area contributed by atoms with Crippen LogP contribution in [0.15, 0.2) is 12.2 Å². The molecule has 0 radical (unpaired) electrons. The van der Waals surface area contributed by atoms with Crippen LogP contribution in [0.5, 0.6) is 0 Å². The zero-order valence-electron chi connectivity index (χ0n) is 6.81. The fraction of sp³-hybridized carbons (Fsp3) is 0.667. The van der Waals surface area contributed by atoms with Gasteiger partial charge in [0.2, 0.25) is 5.91 Å². The Hall–Kier alpha value is -0.790. The average Bonchev–Trinajstić information content (AvgIpc) is 1.85. The van der Waals surface area contributed by atoms with Gasteiger partial charge < -0.3 is 5.73 Å². The Bertz CT molecular complexity index is 172. The predicted octanol–water partition coefficient (Wildman–Crippen LogP) is 1.61. The Balaban J connectivity index is 2.34. The molecule has 62 valence electrons. The predicted molar refractivity (Wildman–Crippen MR) is 44.9 cm³/mol. The molecule has 1 unspecified atom stereocenters. The van der Waals surface area contributed by atoms with Crippen LogP contribution in [0.1, 0.15) is 32.1 Å². The SMILES string of the molecule is C=C1CCCC(CC(N)=O)C1. The minimum absolute atomic E-state index is 0.176. The third-order valence-corrected chi connectivity index (χ3v) is 2.21. The molecule has 0 aromatic rings. The maximum atomic E-state index is 10.6. The van der Waals surface area contributed by atoms with Crippen molar-refractivity contribution in [3.63, 3.8) is 0 Å². The molecular weight excluding hydrogens is 138 g/mol. The number of rotatable bonds is 2. The second-order valence-electron chi connectivity index (χ2n) is 3.38. The molecule has 2 heteroatoms. The molecule has 0 spiro atoms. The number of hydrogen-bond acceptors (Lipinski definition) is 1. The van der Waals surface area contributed by atoms with Crippen LogP contribution in [-0.4, -0.2) is 5.91 Å². The first-order chi connectivity index (χ1) is 5.18. The molecule has 0 aromatic heterocycles. The normalized spacial score (nSPS) is 25.1. The van der Waals surface area contributed by atoms with E-state index in [1.54, 1.807) is 0 Å². The van der Waals surface area contributed by atoms with Crippen LogP contribution in [0.3, 0.4) is 0 Å². The molecule has 2 N–H and O–H groups in total. The number of nitrogens with two attached hydrogens (primary N) is 1. The summed E-state index contributed by atoms with van der Waals surface area (Å²) in [5, 5.41) is 0. The van der Waals surface area contributed by atoms with Gasteiger partial charge in [0.25, 0.3) is 0 Å². The van der Waals surface area contributed by atoms with Crippen molar-refractivity contribution in [2.24, 2.45) is 11.7 Å². The van der Waals surface area contributed by atoms with Crippen LogP contribution in [-0.2, 0) is 4.79 Å². The minimum atomic E-state index is -0.176. The average molecular weight is 153 g/mol.